The van der Waals surface area contributed by atoms with Gasteiger partial charge in [-0.3, -0.25) is 0 Å². The topological polar surface area (TPSA) is 29.5 Å². The van der Waals surface area contributed by atoms with Crippen molar-refractivity contribution in [3.05, 3.63) is 0 Å². The standard InChI is InChI=1S/C11H22O2/c1-9(2)11(8-12)7-10-3-5-13-6-4-10/h9-12H,3-8H2,1-2H3. The summed E-state index contributed by atoms with van der Waals surface area (Å²) in [5.74, 6) is 1.88. The molecule has 13 heavy (non-hydrogen) atoms. The first kappa shape index (κ1) is 11.0. The summed E-state index contributed by atoms with van der Waals surface area (Å²) in [6, 6.07) is 0. The Labute approximate surface area is 81.3 Å². The minimum atomic E-state index is 0.342. The Balaban J connectivity index is 2.27. The molecule has 0 aromatic carbocycles. The lowest BCUT2D eigenvalue weighted by molar-refractivity contribution is 0.0491. The van der Waals surface area contributed by atoms with Gasteiger partial charge in [0.2, 0.25) is 0 Å². The van der Waals surface area contributed by atoms with Crippen LogP contribution in [-0.2, 0) is 4.74 Å². The summed E-state index contributed by atoms with van der Waals surface area (Å²) in [6.45, 7) is 6.57. The Hall–Kier alpha value is -0.0800. The SMILES string of the molecule is CC(C)C(CO)CC1CCOCC1. The van der Waals surface area contributed by atoms with Gasteiger partial charge < -0.3 is 9.84 Å². The zero-order chi connectivity index (χ0) is 9.68. The second-order valence-corrected chi connectivity index (χ2v) is 4.48. The van der Waals surface area contributed by atoms with Crippen LogP contribution in [-0.4, -0.2) is 24.9 Å². The van der Waals surface area contributed by atoms with E-state index < -0.39 is 0 Å². The highest BCUT2D eigenvalue weighted by atomic mass is 16.5. The molecule has 0 aromatic rings. The summed E-state index contributed by atoms with van der Waals surface area (Å²) in [5.41, 5.74) is 0. The van der Waals surface area contributed by atoms with E-state index in [0.29, 0.717) is 18.4 Å². The zero-order valence-corrected chi connectivity index (χ0v) is 8.83. The highest BCUT2D eigenvalue weighted by Gasteiger charge is 2.20. The van der Waals surface area contributed by atoms with E-state index in [1.54, 1.807) is 0 Å². The monoisotopic (exact) mass is 186 g/mol. The summed E-state index contributed by atoms with van der Waals surface area (Å²) >= 11 is 0. The van der Waals surface area contributed by atoms with E-state index in [1.807, 2.05) is 0 Å². The number of aliphatic hydroxyl groups is 1. The molecule has 0 aromatic heterocycles. The van der Waals surface area contributed by atoms with Crippen LogP contribution in [0.3, 0.4) is 0 Å². The van der Waals surface area contributed by atoms with Crippen LogP contribution in [0.1, 0.15) is 33.1 Å². The molecule has 1 aliphatic heterocycles. The van der Waals surface area contributed by atoms with E-state index in [-0.39, 0.29) is 0 Å². The Bertz CT molecular complexity index is 128. The van der Waals surface area contributed by atoms with Gasteiger partial charge in [-0.25, -0.2) is 0 Å². The average molecular weight is 186 g/mol. The summed E-state index contributed by atoms with van der Waals surface area (Å²) in [6.07, 6.45) is 3.55. The third-order valence-corrected chi connectivity index (χ3v) is 3.15. The van der Waals surface area contributed by atoms with E-state index in [4.69, 9.17) is 4.74 Å². The van der Waals surface area contributed by atoms with Gasteiger partial charge in [0.25, 0.3) is 0 Å². The second-order valence-electron chi connectivity index (χ2n) is 4.48. The largest absolute Gasteiger partial charge is 0.396 e. The van der Waals surface area contributed by atoms with Crippen molar-refractivity contribution in [2.45, 2.75) is 33.1 Å². The molecule has 1 aliphatic rings. The normalized spacial score (nSPS) is 22.2. The number of ether oxygens (including phenoxy) is 1. The number of hydrogen-bond donors (Lipinski definition) is 1. The molecule has 1 fully saturated rings. The minimum absolute atomic E-state index is 0.342. The van der Waals surface area contributed by atoms with Crippen molar-refractivity contribution in [1.29, 1.82) is 0 Å². The van der Waals surface area contributed by atoms with Crippen LogP contribution >= 0.6 is 0 Å². The molecule has 0 amide bonds. The van der Waals surface area contributed by atoms with Crippen molar-refractivity contribution in [2.24, 2.45) is 17.8 Å². The van der Waals surface area contributed by atoms with Crippen LogP contribution in [0.2, 0.25) is 0 Å². The van der Waals surface area contributed by atoms with E-state index in [9.17, 15) is 5.11 Å². The molecule has 0 bridgehead atoms. The van der Waals surface area contributed by atoms with Gasteiger partial charge in [0.15, 0.2) is 0 Å². The van der Waals surface area contributed by atoms with Gasteiger partial charge in [-0.2, -0.15) is 0 Å². The first-order valence-corrected chi connectivity index (χ1v) is 5.42. The lowest BCUT2D eigenvalue weighted by atomic mass is 9.84. The van der Waals surface area contributed by atoms with Crippen LogP contribution in [0, 0.1) is 17.8 Å². The van der Waals surface area contributed by atoms with Gasteiger partial charge in [0, 0.05) is 19.8 Å². The molecule has 2 nitrogen and oxygen atoms in total. The van der Waals surface area contributed by atoms with Crippen molar-refractivity contribution >= 4 is 0 Å². The van der Waals surface area contributed by atoms with Crippen LogP contribution in [0.4, 0.5) is 0 Å². The van der Waals surface area contributed by atoms with Gasteiger partial charge in [0.1, 0.15) is 0 Å². The number of rotatable bonds is 4. The van der Waals surface area contributed by atoms with Crippen molar-refractivity contribution in [1.82, 2.24) is 0 Å². The predicted molar refractivity (Wildman–Crippen MR) is 53.6 cm³/mol. The molecule has 1 rings (SSSR count). The maximum Gasteiger partial charge on any atom is 0.0468 e. The van der Waals surface area contributed by atoms with E-state index in [0.717, 1.165) is 19.1 Å². The summed E-state index contributed by atoms with van der Waals surface area (Å²) in [7, 11) is 0. The summed E-state index contributed by atoms with van der Waals surface area (Å²) in [5, 5.41) is 9.20. The Morgan fingerprint density at radius 1 is 1.31 bits per heavy atom. The predicted octanol–water partition coefficient (Wildman–Crippen LogP) is 2.07. The van der Waals surface area contributed by atoms with Crippen molar-refractivity contribution in [3.8, 4) is 0 Å². The Kier molecular flexibility index (Phi) is 4.74. The van der Waals surface area contributed by atoms with Crippen LogP contribution in [0.25, 0.3) is 0 Å². The molecule has 1 unspecified atom stereocenters. The molecule has 1 saturated heterocycles. The fraction of sp³-hybridized carbons (Fsp3) is 1.00. The molecule has 1 heterocycles. The molecule has 1 atom stereocenters. The number of hydrogen-bond acceptors (Lipinski definition) is 2. The second kappa shape index (κ2) is 5.61. The first-order chi connectivity index (χ1) is 6.24. The minimum Gasteiger partial charge on any atom is -0.396 e. The van der Waals surface area contributed by atoms with Crippen LogP contribution < -0.4 is 0 Å². The van der Waals surface area contributed by atoms with Gasteiger partial charge in [-0.1, -0.05) is 13.8 Å². The van der Waals surface area contributed by atoms with Crippen molar-refractivity contribution < 1.29 is 9.84 Å². The van der Waals surface area contributed by atoms with Gasteiger partial charge in [0.05, 0.1) is 0 Å². The fourth-order valence-electron chi connectivity index (χ4n) is 1.97. The summed E-state index contributed by atoms with van der Waals surface area (Å²) in [4.78, 5) is 0. The van der Waals surface area contributed by atoms with E-state index in [1.165, 1.54) is 19.3 Å². The fourth-order valence-corrected chi connectivity index (χ4v) is 1.97. The zero-order valence-electron chi connectivity index (χ0n) is 8.83. The maximum atomic E-state index is 9.20. The lowest BCUT2D eigenvalue weighted by Gasteiger charge is -2.27. The molecule has 0 radical (unpaired) electrons. The van der Waals surface area contributed by atoms with Crippen LogP contribution in [0.15, 0.2) is 0 Å². The molecule has 2 heteroatoms. The third-order valence-electron chi connectivity index (χ3n) is 3.15. The highest BCUT2D eigenvalue weighted by molar-refractivity contribution is 4.70. The maximum absolute atomic E-state index is 9.20. The molecular weight excluding hydrogens is 164 g/mol. The summed E-state index contributed by atoms with van der Waals surface area (Å²) < 4.78 is 5.31. The third kappa shape index (κ3) is 3.65. The average Bonchev–Trinajstić information content (AvgIpc) is 2.15. The molecular formula is C11H22O2. The van der Waals surface area contributed by atoms with Gasteiger partial charge in [-0.05, 0) is 37.0 Å². The van der Waals surface area contributed by atoms with E-state index in [2.05, 4.69) is 13.8 Å². The van der Waals surface area contributed by atoms with Gasteiger partial charge in [-0.15, -0.1) is 0 Å². The first-order valence-electron chi connectivity index (χ1n) is 5.42. The Morgan fingerprint density at radius 3 is 2.38 bits per heavy atom. The smallest absolute Gasteiger partial charge is 0.0468 e. The lowest BCUT2D eigenvalue weighted by Crippen LogP contribution is -2.22. The molecule has 1 N–H and O–H groups in total. The molecule has 78 valence electrons. The quantitative estimate of drug-likeness (QED) is 0.728. The van der Waals surface area contributed by atoms with Crippen molar-refractivity contribution in [2.75, 3.05) is 19.8 Å². The molecule has 0 spiro atoms. The molecule has 0 aliphatic carbocycles. The van der Waals surface area contributed by atoms with Crippen LogP contribution in [0.5, 0.6) is 0 Å². The van der Waals surface area contributed by atoms with E-state index >= 15 is 0 Å². The highest BCUT2D eigenvalue weighted by Crippen LogP contribution is 2.26. The Morgan fingerprint density at radius 2 is 1.92 bits per heavy atom. The van der Waals surface area contributed by atoms with Crippen molar-refractivity contribution in [3.63, 3.8) is 0 Å². The number of aliphatic hydroxyl groups excluding tert-OH is 1. The van der Waals surface area contributed by atoms with Gasteiger partial charge >= 0.3 is 0 Å². The molecule has 0 saturated carbocycles.